The molecule has 1 N–H and O–H groups in total. The minimum Gasteiger partial charge on any atom is -0.322 e. The molecule has 166 valence electrons. The quantitative estimate of drug-likeness (QED) is 0.493. The van der Waals surface area contributed by atoms with Crippen LogP contribution in [0, 0.1) is 6.92 Å². The van der Waals surface area contributed by atoms with Crippen LogP contribution in [0.15, 0.2) is 75.2 Å². The molecule has 0 saturated heterocycles. The van der Waals surface area contributed by atoms with Crippen molar-refractivity contribution in [1.29, 1.82) is 0 Å². The molecule has 3 aromatic heterocycles. The van der Waals surface area contributed by atoms with E-state index < -0.39 is 6.04 Å². The van der Waals surface area contributed by atoms with Crippen LogP contribution < -0.4 is 20.2 Å². The fourth-order valence-electron chi connectivity index (χ4n) is 3.90. The Bertz CT molecular complexity index is 1570. The van der Waals surface area contributed by atoms with Crippen molar-refractivity contribution < 1.29 is 4.79 Å². The lowest BCUT2D eigenvalue weighted by Gasteiger charge is -2.24. The Morgan fingerprint density at radius 3 is 2.70 bits per heavy atom. The number of aryl methyl sites for hydroxylation is 2. The maximum absolute atomic E-state index is 13.5. The maximum atomic E-state index is 13.5. The molecule has 4 heterocycles. The summed E-state index contributed by atoms with van der Waals surface area (Å²) in [6.45, 7) is 3.77. The van der Waals surface area contributed by atoms with E-state index in [1.54, 1.807) is 15.4 Å². The first-order chi connectivity index (χ1) is 15.9. The van der Waals surface area contributed by atoms with Crippen molar-refractivity contribution in [3.63, 3.8) is 0 Å². The highest BCUT2D eigenvalue weighted by Gasteiger charge is 2.33. The number of nitrogens with zero attached hydrogens (tertiary/aromatic N) is 4. The zero-order valence-corrected chi connectivity index (χ0v) is 19.9. The summed E-state index contributed by atoms with van der Waals surface area (Å²) in [5, 5.41) is 9.14. The first-order valence-electron chi connectivity index (χ1n) is 10.3. The van der Waals surface area contributed by atoms with Crippen LogP contribution in [0.3, 0.4) is 0 Å². The van der Waals surface area contributed by atoms with E-state index in [1.807, 2.05) is 74.9 Å². The number of para-hydroxylation sites is 1. The average Bonchev–Trinajstić information content (AvgIpc) is 3.51. The van der Waals surface area contributed by atoms with Crippen LogP contribution in [0.4, 0.5) is 5.69 Å². The Balaban J connectivity index is 1.65. The smallest absolute Gasteiger partial charge is 0.271 e. The van der Waals surface area contributed by atoms with Crippen molar-refractivity contribution >= 4 is 40.3 Å². The fraction of sp³-hybridized carbons (Fsp3) is 0.167. The summed E-state index contributed by atoms with van der Waals surface area (Å²) in [5.74, 6) is -0.259. The molecule has 0 fully saturated rings. The highest BCUT2D eigenvalue weighted by Crippen LogP contribution is 2.33. The number of carbonyl (C=O) groups excluding carboxylic acids is 1. The Morgan fingerprint density at radius 2 is 2.00 bits per heavy atom. The predicted octanol–water partition coefficient (Wildman–Crippen LogP) is 2.98. The minimum atomic E-state index is -0.540. The number of benzene rings is 1. The van der Waals surface area contributed by atoms with Crippen molar-refractivity contribution in [2.75, 3.05) is 5.32 Å². The van der Waals surface area contributed by atoms with Gasteiger partial charge in [0.15, 0.2) is 4.80 Å². The number of fused-ring (bicyclic) bond motifs is 1. The zero-order chi connectivity index (χ0) is 23.1. The molecule has 0 bridgehead atoms. The number of hydrogen-bond donors (Lipinski definition) is 1. The lowest BCUT2D eigenvalue weighted by Crippen LogP contribution is -2.40. The molecule has 33 heavy (non-hydrogen) atoms. The van der Waals surface area contributed by atoms with Gasteiger partial charge in [0.05, 0.1) is 22.0 Å². The number of allylic oxidation sites excluding steroid dienone is 1. The molecule has 5 rings (SSSR count). The SMILES string of the molecule is CC1=C(C(=O)Nc2ccccc2C)[C@H](c2cccs2)n2c(s/c(=C/c3cnn(C)c3)c2=O)=N1. The molecule has 0 saturated carbocycles. The normalized spacial score (nSPS) is 16.0. The van der Waals surface area contributed by atoms with E-state index in [-0.39, 0.29) is 11.5 Å². The van der Waals surface area contributed by atoms with Gasteiger partial charge in [0.25, 0.3) is 11.5 Å². The third-order valence-corrected chi connectivity index (χ3v) is 7.40. The van der Waals surface area contributed by atoms with Crippen LogP contribution in [0.1, 0.15) is 29.0 Å². The molecule has 9 heteroatoms. The lowest BCUT2D eigenvalue weighted by atomic mass is 10.0. The Morgan fingerprint density at radius 1 is 1.18 bits per heavy atom. The van der Waals surface area contributed by atoms with Crippen LogP contribution in [-0.4, -0.2) is 20.3 Å². The van der Waals surface area contributed by atoms with Gasteiger partial charge in [-0.15, -0.1) is 11.3 Å². The maximum Gasteiger partial charge on any atom is 0.271 e. The van der Waals surface area contributed by atoms with Crippen LogP contribution >= 0.6 is 22.7 Å². The molecule has 1 atom stereocenters. The first-order valence-corrected chi connectivity index (χ1v) is 12.0. The monoisotopic (exact) mass is 475 g/mol. The van der Waals surface area contributed by atoms with Crippen molar-refractivity contribution in [1.82, 2.24) is 14.3 Å². The molecule has 1 aliphatic heterocycles. The molecular formula is C24H21N5O2S2. The van der Waals surface area contributed by atoms with Gasteiger partial charge in [0.1, 0.15) is 6.04 Å². The second kappa shape index (κ2) is 8.42. The number of amides is 1. The molecule has 1 amide bonds. The van der Waals surface area contributed by atoms with E-state index in [0.717, 1.165) is 21.7 Å². The number of aromatic nitrogens is 3. The number of thiophene rings is 1. The Kier molecular flexibility index (Phi) is 5.43. The second-order valence-corrected chi connectivity index (χ2v) is 9.80. The van der Waals surface area contributed by atoms with E-state index in [2.05, 4.69) is 15.4 Å². The van der Waals surface area contributed by atoms with E-state index in [4.69, 9.17) is 0 Å². The Labute approximate surface area is 197 Å². The molecule has 7 nitrogen and oxygen atoms in total. The third-order valence-electron chi connectivity index (χ3n) is 5.49. The zero-order valence-electron chi connectivity index (χ0n) is 18.3. The van der Waals surface area contributed by atoms with Gasteiger partial charge in [-0.25, -0.2) is 4.99 Å². The largest absolute Gasteiger partial charge is 0.322 e. The summed E-state index contributed by atoms with van der Waals surface area (Å²) in [6, 6.07) is 11.0. The molecule has 1 aliphatic rings. The van der Waals surface area contributed by atoms with Crippen LogP contribution in [0.2, 0.25) is 0 Å². The van der Waals surface area contributed by atoms with Gasteiger partial charge in [-0.3, -0.25) is 18.8 Å². The highest BCUT2D eigenvalue weighted by molar-refractivity contribution is 7.10. The summed E-state index contributed by atoms with van der Waals surface area (Å²) in [5.41, 5.74) is 3.45. The molecule has 0 aliphatic carbocycles. The van der Waals surface area contributed by atoms with E-state index >= 15 is 0 Å². The topological polar surface area (TPSA) is 81.3 Å². The number of carbonyl (C=O) groups is 1. The summed E-state index contributed by atoms with van der Waals surface area (Å²) in [6.07, 6.45) is 5.37. The van der Waals surface area contributed by atoms with Crippen molar-refractivity contribution in [3.05, 3.63) is 101 Å². The van der Waals surface area contributed by atoms with Gasteiger partial charge >= 0.3 is 0 Å². The number of anilines is 1. The highest BCUT2D eigenvalue weighted by atomic mass is 32.1. The summed E-state index contributed by atoms with van der Waals surface area (Å²) in [7, 11) is 1.83. The number of hydrogen-bond acceptors (Lipinski definition) is 6. The van der Waals surface area contributed by atoms with Gasteiger partial charge < -0.3 is 5.32 Å². The number of nitrogens with one attached hydrogen (secondary N) is 1. The van der Waals surface area contributed by atoms with Crippen LogP contribution in [0.5, 0.6) is 0 Å². The molecule has 1 aromatic carbocycles. The molecule has 0 radical (unpaired) electrons. The summed E-state index contributed by atoms with van der Waals surface area (Å²) in [4.78, 5) is 33.2. The predicted molar refractivity (Wildman–Crippen MR) is 131 cm³/mol. The molecule has 4 aromatic rings. The molecule has 0 unspecified atom stereocenters. The van der Waals surface area contributed by atoms with E-state index in [1.165, 1.54) is 22.7 Å². The standard InChI is InChI=1S/C24H21N5O2S2/c1-14-7-4-5-8-17(14)27-22(30)20-15(2)26-24-29(21(20)18-9-6-10-32-18)23(31)19(33-24)11-16-12-25-28(3)13-16/h4-13,21H,1-3H3,(H,27,30)/b19-11+/t21-/m0/s1. The second-order valence-electron chi connectivity index (χ2n) is 7.81. The first kappa shape index (κ1) is 21.3. The van der Waals surface area contributed by atoms with Gasteiger partial charge in [0, 0.05) is 29.4 Å². The van der Waals surface area contributed by atoms with Crippen LogP contribution in [-0.2, 0) is 11.8 Å². The van der Waals surface area contributed by atoms with Gasteiger partial charge in [-0.2, -0.15) is 5.10 Å². The molecule has 0 spiro atoms. The van der Waals surface area contributed by atoms with E-state index in [9.17, 15) is 9.59 Å². The van der Waals surface area contributed by atoms with Crippen LogP contribution in [0.25, 0.3) is 6.08 Å². The van der Waals surface area contributed by atoms with Gasteiger partial charge in [-0.1, -0.05) is 35.6 Å². The number of thiazole rings is 1. The number of rotatable bonds is 4. The summed E-state index contributed by atoms with van der Waals surface area (Å²) < 4.78 is 3.88. The average molecular weight is 476 g/mol. The van der Waals surface area contributed by atoms with Crippen molar-refractivity contribution in [2.24, 2.45) is 12.0 Å². The molecular weight excluding hydrogens is 454 g/mol. The van der Waals surface area contributed by atoms with E-state index in [0.29, 0.717) is 20.6 Å². The summed E-state index contributed by atoms with van der Waals surface area (Å²) >= 11 is 2.84. The van der Waals surface area contributed by atoms with Crippen molar-refractivity contribution in [3.8, 4) is 0 Å². The lowest BCUT2D eigenvalue weighted by molar-refractivity contribution is -0.113. The minimum absolute atomic E-state index is 0.172. The van der Waals surface area contributed by atoms with Gasteiger partial charge in [0.2, 0.25) is 0 Å². The third kappa shape index (κ3) is 3.90. The Hall–Kier alpha value is -3.56. The fourth-order valence-corrected chi connectivity index (χ4v) is 5.77. The van der Waals surface area contributed by atoms with Crippen molar-refractivity contribution in [2.45, 2.75) is 19.9 Å². The van der Waals surface area contributed by atoms with Gasteiger partial charge in [-0.05, 0) is 43.0 Å².